The maximum atomic E-state index is 12.7. The van der Waals surface area contributed by atoms with Crippen molar-refractivity contribution in [2.45, 2.75) is 39.2 Å². The number of nitrogens with zero attached hydrogens (tertiary/aromatic N) is 2. The van der Waals surface area contributed by atoms with E-state index in [1.807, 2.05) is 0 Å². The molecule has 4 amide bonds. The van der Waals surface area contributed by atoms with Gasteiger partial charge in [0.05, 0.1) is 22.5 Å². The van der Waals surface area contributed by atoms with Crippen LogP contribution in [0, 0.1) is 0 Å². The Balaban J connectivity index is 1.70. The SMILES string of the molecule is CC(C)(C)OC(=O)N1C(=O)CCc2cc(N3C(=O)c4ccccc4C3=O)ccc21. The van der Waals surface area contributed by atoms with Gasteiger partial charge in [-0.15, -0.1) is 0 Å². The van der Waals surface area contributed by atoms with Crippen LogP contribution in [0.5, 0.6) is 0 Å². The second kappa shape index (κ2) is 6.55. The largest absolute Gasteiger partial charge is 0.443 e. The van der Waals surface area contributed by atoms with Gasteiger partial charge in [0.15, 0.2) is 0 Å². The fourth-order valence-electron chi connectivity index (χ4n) is 3.55. The lowest BCUT2D eigenvalue weighted by atomic mass is 10.0. The van der Waals surface area contributed by atoms with Crippen LogP contribution in [0.4, 0.5) is 16.2 Å². The van der Waals surface area contributed by atoms with E-state index in [1.54, 1.807) is 63.2 Å². The molecule has 148 valence electrons. The van der Waals surface area contributed by atoms with Crippen molar-refractivity contribution in [1.82, 2.24) is 0 Å². The highest BCUT2D eigenvalue weighted by Crippen LogP contribution is 2.35. The first-order chi connectivity index (χ1) is 13.7. The Morgan fingerprint density at radius 2 is 1.55 bits per heavy atom. The first-order valence-corrected chi connectivity index (χ1v) is 9.34. The molecule has 7 heteroatoms. The highest BCUT2D eigenvalue weighted by Gasteiger charge is 2.38. The Morgan fingerprint density at radius 3 is 2.14 bits per heavy atom. The van der Waals surface area contributed by atoms with E-state index in [0.29, 0.717) is 34.5 Å². The van der Waals surface area contributed by atoms with Crippen LogP contribution in [-0.2, 0) is 16.0 Å². The van der Waals surface area contributed by atoms with Gasteiger partial charge in [-0.05, 0) is 63.1 Å². The summed E-state index contributed by atoms with van der Waals surface area (Å²) in [5.41, 5.74) is 1.50. The average Bonchev–Trinajstić information content (AvgIpc) is 2.91. The van der Waals surface area contributed by atoms with Gasteiger partial charge in [0.1, 0.15) is 5.60 Å². The maximum absolute atomic E-state index is 12.7. The molecule has 0 radical (unpaired) electrons. The van der Waals surface area contributed by atoms with E-state index in [9.17, 15) is 19.2 Å². The number of hydrogen-bond acceptors (Lipinski definition) is 5. The number of anilines is 2. The molecule has 2 heterocycles. The summed E-state index contributed by atoms with van der Waals surface area (Å²) in [5, 5.41) is 0. The van der Waals surface area contributed by atoms with Gasteiger partial charge in [-0.1, -0.05) is 12.1 Å². The highest BCUT2D eigenvalue weighted by atomic mass is 16.6. The van der Waals surface area contributed by atoms with Crippen LogP contribution in [0.25, 0.3) is 0 Å². The number of aryl methyl sites for hydroxylation is 1. The van der Waals surface area contributed by atoms with Crippen molar-refractivity contribution in [1.29, 1.82) is 0 Å². The number of fused-ring (bicyclic) bond motifs is 2. The summed E-state index contributed by atoms with van der Waals surface area (Å²) in [6, 6.07) is 11.5. The molecule has 0 unspecified atom stereocenters. The summed E-state index contributed by atoms with van der Waals surface area (Å²) in [7, 11) is 0. The molecule has 0 N–H and O–H groups in total. The zero-order valence-electron chi connectivity index (χ0n) is 16.4. The van der Waals surface area contributed by atoms with Crippen molar-refractivity contribution in [2.24, 2.45) is 0 Å². The summed E-state index contributed by atoms with van der Waals surface area (Å²) in [6.07, 6.45) is -0.195. The average molecular weight is 392 g/mol. The summed E-state index contributed by atoms with van der Waals surface area (Å²) in [6.45, 7) is 5.18. The number of amides is 4. The normalized spacial score (nSPS) is 16.0. The summed E-state index contributed by atoms with van der Waals surface area (Å²) in [4.78, 5) is 52.5. The van der Waals surface area contributed by atoms with Crippen LogP contribution in [0.1, 0.15) is 53.5 Å². The van der Waals surface area contributed by atoms with Gasteiger partial charge in [0.2, 0.25) is 5.91 Å². The molecule has 29 heavy (non-hydrogen) atoms. The Morgan fingerprint density at radius 1 is 0.931 bits per heavy atom. The second-order valence-corrected chi connectivity index (χ2v) is 8.01. The minimum Gasteiger partial charge on any atom is -0.443 e. The molecule has 0 aromatic heterocycles. The lowest BCUT2D eigenvalue weighted by Gasteiger charge is -2.30. The van der Waals surface area contributed by atoms with E-state index in [2.05, 4.69) is 0 Å². The minimum absolute atomic E-state index is 0.137. The van der Waals surface area contributed by atoms with E-state index in [0.717, 1.165) is 9.80 Å². The van der Waals surface area contributed by atoms with Crippen LogP contribution in [0.15, 0.2) is 42.5 Å². The molecule has 2 aliphatic rings. The number of carbonyl (C=O) groups excluding carboxylic acids is 4. The number of benzene rings is 2. The molecule has 0 spiro atoms. The van der Waals surface area contributed by atoms with Crippen LogP contribution < -0.4 is 9.80 Å². The Kier molecular flexibility index (Phi) is 4.26. The van der Waals surface area contributed by atoms with Crippen LogP contribution >= 0.6 is 0 Å². The zero-order chi connectivity index (χ0) is 20.9. The van der Waals surface area contributed by atoms with Crippen molar-refractivity contribution in [2.75, 3.05) is 9.80 Å². The fraction of sp³-hybridized carbons (Fsp3) is 0.273. The topological polar surface area (TPSA) is 84.0 Å². The van der Waals surface area contributed by atoms with Crippen LogP contribution in [0.2, 0.25) is 0 Å². The molecule has 7 nitrogen and oxygen atoms in total. The lowest BCUT2D eigenvalue weighted by Crippen LogP contribution is -2.43. The van der Waals surface area contributed by atoms with E-state index >= 15 is 0 Å². The fourth-order valence-corrected chi connectivity index (χ4v) is 3.55. The van der Waals surface area contributed by atoms with E-state index in [1.165, 1.54) is 0 Å². The number of ether oxygens (including phenoxy) is 1. The predicted molar refractivity (Wildman–Crippen MR) is 106 cm³/mol. The third-order valence-electron chi connectivity index (χ3n) is 4.79. The molecule has 4 rings (SSSR count). The number of rotatable bonds is 1. The predicted octanol–water partition coefficient (Wildman–Crippen LogP) is 3.70. The molecular weight excluding hydrogens is 372 g/mol. The second-order valence-electron chi connectivity index (χ2n) is 8.01. The molecule has 2 aromatic carbocycles. The molecule has 0 fully saturated rings. The van der Waals surface area contributed by atoms with Crippen molar-refractivity contribution >= 4 is 35.2 Å². The lowest BCUT2D eigenvalue weighted by molar-refractivity contribution is -0.118. The molecule has 2 aromatic rings. The monoisotopic (exact) mass is 392 g/mol. The standard InChI is InChI=1S/C22H20N2O5/c1-22(2,3)29-21(28)24-17-10-9-14(12-13(17)8-11-18(24)25)23-19(26)15-6-4-5-7-16(15)20(23)27/h4-7,9-10,12H,8,11H2,1-3H3. The molecule has 0 saturated heterocycles. The van der Waals surface area contributed by atoms with Gasteiger partial charge < -0.3 is 4.74 Å². The number of carbonyl (C=O) groups is 4. The van der Waals surface area contributed by atoms with Gasteiger partial charge in [-0.3, -0.25) is 14.4 Å². The van der Waals surface area contributed by atoms with Crippen molar-refractivity contribution in [3.63, 3.8) is 0 Å². The van der Waals surface area contributed by atoms with Crippen LogP contribution in [0.3, 0.4) is 0 Å². The minimum atomic E-state index is -0.741. The Bertz CT molecular complexity index is 1030. The van der Waals surface area contributed by atoms with Crippen molar-refractivity contribution < 1.29 is 23.9 Å². The van der Waals surface area contributed by atoms with E-state index < -0.39 is 11.7 Å². The smallest absolute Gasteiger partial charge is 0.421 e. The van der Waals surface area contributed by atoms with Crippen molar-refractivity contribution in [3.05, 3.63) is 59.2 Å². The number of hydrogen-bond donors (Lipinski definition) is 0. The summed E-state index contributed by atoms with van der Waals surface area (Å²) < 4.78 is 5.36. The molecule has 0 atom stereocenters. The van der Waals surface area contributed by atoms with Gasteiger partial charge in [0, 0.05) is 6.42 Å². The van der Waals surface area contributed by atoms with Gasteiger partial charge in [-0.25, -0.2) is 14.6 Å². The highest BCUT2D eigenvalue weighted by molar-refractivity contribution is 6.34. The van der Waals surface area contributed by atoms with Crippen molar-refractivity contribution in [3.8, 4) is 0 Å². The van der Waals surface area contributed by atoms with Gasteiger partial charge in [-0.2, -0.15) is 0 Å². The Labute approximate surface area is 167 Å². The molecule has 2 aliphatic heterocycles. The van der Waals surface area contributed by atoms with Gasteiger partial charge in [0.25, 0.3) is 11.8 Å². The summed E-state index contributed by atoms with van der Waals surface area (Å²) in [5.74, 6) is -1.12. The van der Waals surface area contributed by atoms with Crippen LogP contribution in [-0.4, -0.2) is 29.4 Å². The molecule has 0 saturated carbocycles. The molecule has 0 aliphatic carbocycles. The first kappa shape index (κ1) is 18.9. The maximum Gasteiger partial charge on any atom is 0.421 e. The zero-order valence-corrected chi connectivity index (χ0v) is 16.4. The third kappa shape index (κ3) is 3.18. The first-order valence-electron chi connectivity index (χ1n) is 9.34. The van der Waals surface area contributed by atoms with E-state index in [-0.39, 0.29) is 24.1 Å². The van der Waals surface area contributed by atoms with E-state index in [4.69, 9.17) is 4.74 Å². The number of imide groups is 2. The Hall–Kier alpha value is -3.48. The molecular formula is C22H20N2O5. The summed E-state index contributed by atoms with van der Waals surface area (Å²) >= 11 is 0. The molecule has 0 bridgehead atoms. The third-order valence-corrected chi connectivity index (χ3v) is 4.79. The quantitative estimate of drug-likeness (QED) is 0.691. The van der Waals surface area contributed by atoms with Gasteiger partial charge >= 0.3 is 6.09 Å².